The first-order chi connectivity index (χ1) is 6.16. The molecule has 0 aliphatic heterocycles. The summed E-state index contributed by atoms with van der Waals surface area (Å²) in [5, 5.41) is 0. The topological polar surface area (TPSA) is 21.3 Å². The third-order valence-electron chi connectivity index (χ3n) is 1.53. The summed E-state index contributed by atoms with van der Waals surface area (Å²) < 4.78 is 26.4. The summed E-state index contributed by atoms with van der Waals surface area (Å²) in [6.45, 7) is -0.00634. The number of halogens is 3. The molecule has 0 aliphatic rings. The van der Waals surface area contributed by atoms with Crippen molar-refractivity contribution in [2.24, 2.45) is 0 Å². The monoisotopic (exact) mass is 251 g/mol. The van der Waals surface area contributed by atoms with Crippen molar-refractivity contribution in [3.05, 3.63) is 33.8 Å². The number of benzene rings is 1. The molecule has 1 aromatic carbocycles. The van der Waals surface area contributed by atoms with E-state index in [2.05, 4.69) is 26.2 Å². The second-order valence-electron chi connectivity index (χ2n) is 2.35. The Morgan fingerprint density at radius 1 is 1.46 bits per heavy atom. The molecule has 1 N–H and O–H groups in total. The Morgan fingerprint density at radius 3 is 2.77 bits per heavy atom. The Balaban J connectivity index is 2.96. The average molecular weight is 252 g/mol. The fourth-order valence-electron chi connectivity index (χ4n) is 0.875. The Labute approximate surface area is 83.0 Å². The SMILES string of the molecule is CONCc1c(F)ccc(Br)c1F. The predicted molar refractivity (Wildman–Crippen MR) is 47.9 cm³/mol. The van der Waals surface area contributed by atoms with Crippen LogP contribution >= 0.6 is 15.9 Å². The zero-order valence-corrected chi connectivity index (χ0v) is 8.49. The fourth-order valence-corrected chi connectivity index (χ4v) is 1.25. The third kappa shape index (κ3) is 2.46. The molecule has 13 heavy (non-hydrogen) atoms. The van der Waals surface area contributed by atoms with Crippen LogP contribution in [0.5, 0.6) is 0 Å². The molecule has 0 amide bonds. The first kappa shape index (κ1) is 10.6. The van der Waals surface area contributed by atoms with Crippen LogP contribution in [0.25, 0.3) is 0 Å². The zero-order valence-electron chi connectivity index (χ0n) is 6.90. The van der Waals surface area contributed by atoms with Crippen LogP contribution in [0.2, 0.25) is 0 Å². The largest absolute Gasteiger partial charge is 0.305 e. The molecule has 72 valence electrons. The molecule has 0 radical (unpaired) electrons. The van der Waals surface area contributed by atoms with Crippen LogP contribution in [-0.4, -0.2) is 7.11 Å². The zero-order chi connectivity index (χ0) is 9.84. The van der Waals surface area contributed by atoms with Crippen LogP contribution in [0.3, 0.4) is 0 Å². The van der Waals surface area contributed by atoms with Gasteiger partial charge in [0.25, 0.3) is 0 Å². The highest BCUT2D eigenvalue weighted by atomic mass is 79.9. The Kier molecular flexibility index (Phi) is 3.77. The van der Waals surface area contributed by atoms with Crippen LogP contribution in [0.4, 0.5) is 8.78 Å². The summed E-state index contributed by atoms with van der Waals surface area (Å²) in [6.07, 6.45) is 0. The van der Waals surface area contributed by atoms with Crippen LogP contribution in [0.1, 0.15) is 5.56 Å². The van der Waals surface area contributed by atoms with Gasteiger partial charge in [-0.05, 0) is 28.1 Å². The minimum absolute atomic E-state index is 0.00634. The molecule has 0 atom stereocenters. The molecule has 0 heterocycles. The van der Waals surface area contributed by atoms with Crippen molar-refractivity contribution < 1.29 is 13.6 Å². The van der Waals surface area contributed by atoms with Crippen LogP contribution in [-0.2, 0) is 11.4 Å². The lowest BCUT2D eigenvalue weighted by Crippen LogP contribution is -2.13. The van der Waals surface area contributed by atoms with Crippen molar-refractivity contribution in [1.82, 2.24) is 5.48 Å². The lowest BCUT2D eigenvalue weighted by atomic mass is 10.2. The maximum absolute atomic E-state index is 13.2. The smallest absolute Gasteiger partial charge is 0.144 e. The minimum atomic E-state index is -0.607. The quantitative estimate of drug-likeness (QED) is 0.658. The standard InChI is InChI=1S/C8H8BrF2NO/c1-13-12-4-5-7(10)3-2-6(9)8(5)11/h2-3,12H,4H2,1H3. The Morgan fingerprint density at radius 2 is 2.15 bits per heavy atom. The summed E-state index contributed by atoms with van der Waals surface area (Å²) in [5.74, 6) is -1.20. The molecule has 0 bridgehead atoms. The van der Waals surface area contributed by atoms with Crippen LogP contribution in [0.15, 0.2) is 16.6 Å². The molecule has 0 aromatic heterocycles. The molecule has 2 nitrogen and oxygen atoms in total. The van der Waals surface area contributed by atoms with Gasteiger partial charge in [0.1, 0.15) is 11.6 Å². The number of hydrogen-bond donors (Lipinski definition) is 1. The summed E-state index contributed by atoms with van der Waals surface area (Å²) in [4.78, 5) is 4.50. The van der Waals surface area contributed by atoms with Gasteiger partial charge in [0.2, 0.25) is 0 Å². The molecule has 0 saturated heterocycles. The van der Waals surface area contributed by atoms with Gasteiger partial charge < -0.3 is 4.84 Å². The van der Waals surface area contributed by atoms with Gasteiger partial charge in [-0.15, -0.1) is 0 Å². The van der Waals surface area contributed by atoms with E-state index in [9.17, 15) is 8.78 Å². The highest BCUT2D eigenvalue weighted by molar-refractivity contribution is 9.10. The van der Waals surface area contributed by atoms with Crippen molar-refractivity contribution in [1.29, 1.82) is 0 Å². The van der Waals surface area contributed by atoms with E-state index in [1.165, 1.54) is 19.2 Å². The molecule has 0 spiro atoms. The van der Waals surface area contributed by atoms with Crippen molar-refractivity contribution >= 4 is 15.9 Å². The second kappa shape index (κ2) is 4.64. The van der Waals surface area contributed by atoms with Gasteiger partial charge in [-0.2, -0.15) is 5.48 Å². The summed E-state index contributed by atoms with van der Waals surface area (Å²) in [5.41, 5.74) is 2.33. The van der Waals surface area contributed by atoms with E-state index in [0.717, 1.165) is 0 Å². The van der Waals surface area contributed by atoms with E-state index in [0.29, 0.717) is 0 Å². The molecule has 1 aromatic rings. The van der Waals surface area contributed by atoms with Gasteiger partial charge in [0, 0.05) is 5.56 Å². The van der Waals surface area contributed by atoms with Gasteiger partial charge in [0.05, 0.1) is 18.1 Å². The van der Waals surface area contributed by atoms with Crippen LogP contribution in [0, 0.1) is 11.6 Å². The number of hydroxylamine groups is 1. The molecule has 0 aliphatic carbocycles. The average Bonchev–Trinajstić information content (AvgIpc) is 2.12. The molecule has 0 fully saturated rings. The number of nitrogens with one attached hydrogen (secondary N) is 1. The molecular formula is C8H8BrF2NO. The molecule has 0 saturated carbocycles. The van der Waals surface area contributed by atoms with Gasteiger partial charge in [-0.1, -0.05) is 0 Å². The van der Waals surface area contributed by atoms with Crippen molar-refractivity contribution in [2.75, 3.05) is 7.11 Å². The van der Waals surface area contributed by atoms with E-state index < -0.39 is 11.6 Å². The normalized spacial score (nSPS) is 10.5. The summed E-state index contributed by atoms with van der Waals surface area (Å²) in [7, 11) is 1.38. The van der Waals surface area contributed by atoms with Gasteiger partial charge >= 0.3 is 0 Å². The predicted octanol–water partition coefficient (Wildman–Crippen LogP) is 2.38. The first-order valence-corrected chi connectivity index (χ1v) is 4.34. The first-order valence-electron chi connectivity index (χ1n) is 3.55. The van der Waals surface area contributed by atoms with E-state index in [-0.39, 0.29) is 16.6 Å². The molecule has 1 rings (SSSR count). The van der Waals surface area contributed by atoms with E-state index in [4.69, 9.17) is 0 Å². The maximum Gasteiger partial charge on any atom is 0.144 e. The highest BCUT2D eigenvalue weighted by Crippen LogP contribution is 2.21. The number of hydrogen-bond acceptors (Lipinski definition) is 2. The summed E-state index contributed by atoms with van der Waals surface area (Å²) in [6, 6.07) is 2.51. The van der Waals surface area contributed by atoms with Crippen molar-refractivity contribution in [2.45, 2.75) is 6.54 Å². The van der Waals surface area contributed by atoms with Gasteiger partial charge in [0.15, 0.2) is 0 Å². The van der Waals surface area contributed by atoms with E-state index in [1.807, 2.05) is 0 Å². The molecule has 5 heteroatoms. The van der Waals surface area contributed by atoms with Crippen molar-refractivity contribution in [3.63, 3.8) is 0 Å². The lowest BCUT2D eigenvalue weighted by Gasteiger charge is -2.06. The van der Waals surface area contributed by atoms with Gasteiger partial charge in [-0.25, -0.2) is 8.78 Å². The highest BCUT2D eigenvalue weighted by Gasteiger charge is 2.11. The molecule has 0 unspecified atom stereocenters. The second-order valence-corrected chi connectivity index (χ2v) is 3.20. The molecular weight excluding hydrogens is 244 g/mol. The fraction of sp³-hybridized carbons (Fsp3) is 0.250. The lowest BCUT2D eigenvalue weighted by molar-refractivity contribution is 0.0850. The van der Waals surface area contributed by atoms with E-state index in [1.54, 1.807) is 0 Å². The van der Waals surface area contributed by atoms with Crippen LogP contribution < -0.4 is 5.48 Å². The third-order valence-corrected chi connectivity index (χ3v) is 2.14. The van der Waals surface area contributed by atoms with Gasteiger partial charge in [-0.3, -0.25) is 0 Å². The summed E-state index contributed by atoms with van der Waals surface area (Å²) >= 11 is 2.96. The van der Waals surface area contributed by atoms with Crippen molar-refractivity contribution in [3.8, 4) is 0 Å². The number of rotatable bonds is 3. The maximum atomic E-state index is 13.2. The van der Waals surface area contributed by atoms with E-state index >= 15 is 0 Å². The minimum Gasteiger partial charge on any atom is -0.305 e. The Bertz CT molecular complexity index is 306. The Hall–Kier alpha value is -0.520.